The van der Waals surface area contributed by atoms with E-state index in [1.54, 1.807) is 33.5 Å². The van der Waals surface area contributed by atoms with Gasteiger partial charge in [0.15, 0.2) is 11.5 Å². The van der Waals surface area contributed by atoms with Crippen LogP contribution in [0.5, 0.6) is 17.2 Å². The summed E-state index contributed by atoms with van der Waals surface area (Å²) < 4.78 is 15.7. The van der Waals surface area contributed by atoms with Gasteiger partial charge in [-0.3, -0.25) is 4.79 Å². The van der Waals surface area contributed by atoms with Crippen LogP contribution in [-0.2, 0) is 11.3 Å². The molecule has 1 rings (SSSR count). The third-order valence-corrected chi connectivity index (χ3v) is 2.87. The molecule has 6 nitrogen and oxygen atoms in total. The van der Waals surface area contributed by atoms with Crippen LogP contribution in [0.15, 0.2) is 12.1 Å². The zero-order chi connectivity index (χ0) is 15.0. The smallest absolute Gasteiger partial charge is 0.220 e. The summed E-state index contributed by atoms with van der Waals surface area (Å²) in [6.45, 7) is 0.875. The molecule has 0 heterocycles. The van der Waals surface area contributed by atoms with Gasteiger partial charge in [-0.05, 0) is 19.0 Å². The van der Waals surface area contributed by atoms with Gasteiger partial charge in [-0.25, -0.2) is 0 Å². The van der Waals surface area contributed by atoms with Crippen molar-refractivity contribution >= 4 is 5.91 Å². The summed E-state index contributed by atoms with van der Waals surface area (Å²) in [5.41, 5.74) is 6.19. The number of nitrogens with two attached hydrogens (primary N) is 1. The van der Waals surface area contributed by atoms with Crippen molar-refractivity contribution in [3.8, 4) is 17.2 Å². The molecule has 0 aliphatic rings. The summed E-state index contributed by atoms with van der Waals surface area (Å²) in [7, 11) is 4.69. The molecule has 1 amide bonds. The van der Waals surface area contributed by atoms with Crippen molar-refractivity contribution in [2.75, 3.05) is 27.9 Å². The van der Waals surface area contributed by atoms with E-state index in [9.17, 15) is 4.79 Å². The third kappa shape index (κ3) is 4.31. The number of carbonyl (C=O) groups is 1. The highest BCUT2D eigenvalue weighted by molar-refractivity contribution is 5.76. The van der Waals surface area contributed by atoms with E-state index in [0.717, 1.165) is 5.56 Å². The molecule has 0 spiro atoms. The Morgan fingerprint density at radius 1 is 1.10 bits per heavy atom. The molecule has 3 N–H and O–H groups in total. The van der Waals surface area contributed by atoms with Gasteiger partial charge in [0.25, 0.3) is 0 Å². The zero-order valence-corrected chi connectivity index (χ0v) is 12.2. The number of ether oxygens (including phenoxy) is 3. The molecule has 0 radical (unpaired) electrons. The number of methoxy groups -OCH3 is 3. The summed E-state index contributed by atoms with van der Waals surface area (Å²) in [5, 5.41) is 2.83. The maximum absolute atomic E-state index is 11.6. The Kier molecular flexibility index (Phi) is 6.66. The summed E-state index contributed by atoms with van der Waals surface area (Å²) in [6.07, 6.45) is 1.10. The first-order valence-electron chi connectivity index (χ1n) is 6.41. The highest BCUT2D eigenvalue weighted by Gasteiger charge is 2.12. The molecule has 0 bridgehead atoms. The molecule has 6 heteroatoms. The lowest BCUT2D eigenvalue weighted by Crippen LogP contribution is -2.23. The molecule has 0 aromatic heterocycles. The van der Waals surface area contributed by atoms with Crippen molar-refractivity contribution in [2.45, 2.75) is 19.4 Å². The van der Waals surface area contributed by atoms with Crippen molar-refractivity contribution in [3.05, 3.63) is 17.7 Å². The fourth-order valence-electron chi connectivity index (χ4n) is 1.78. The number of rotatable bonds is 8. The van der Waals surface area contributed by atoms with Gasteiger partial charge in [0, 0.05) is 24.6 Å². The van der Waals surface area contributed by atoms with Crippen LogP contribution in [-0.4, -0.2) is 33.8 Å². The molecular weight excluding hydrogens is 260 g/mol. The van der Waals surface area contributed by atoms with Gasteiger partial charge in [0.05, 0.1) is 21.3 Å². The SMILES string of the molecule is COc1cc(OC)c(OC)cc1CNC(=O)CCCN. The van der Waals surface area contributed by atoms with E-state index in [4.69, 9.17) is 19.9 Å². The van der Waals surface area contributed by atoms with Gasteiger partial charge in [-0.2, -0.15) is 0 Å². The molecule has 0 unspecified atom stereocenters. The zero-order valence-electron chi connectivity index (χ0n) is 12.2. The van der Waals surface area contributed by atoms with E-state index >= 15 is 0 Å². The number of nitrogens with one attached hydrogen (secondary N) is 1. The van der Waals surface area contributed by atoms with Gasteiger partial charge in [-0.1, -0.05) is 0 Å². The lowest BCUT2D eigenvalue weighted by molar-refractivity contribution is -0.121. The quantitative estimate of drug-likeness (QED) is 0.745. The minimum Gasteiger partial charge on any atom is -0.496 e. The minimum atomic E-state index is -0.0349. The summed E-state index contributed by atoms with van der Waals surface area (Å²) in [4.78, 5) is 11.6. The second kappa shape index (κ2) is 8.27. The van der Waals surface area contributed by atoms with Crippen LogP contribution < -0.4 is 25.3 Å². The average molecular weight is 282 g/mol. The Balaban J connectivity index is 2.80. The number of hydrogen-bond donors (Lipinski definition) is 2. The maximum Gasteiger partial charge on any atom is 0.220 e. The minimum absolute atomic E-state index is 0.0349. The molecule has 1 aromatic rings. The van der Waals surface area contributed by atoms with Gasteiger partial charge < -0.3 is 25.3 Å². The highest BCUT2D eigenvalue weighted by Crippen LogP contribution is 2.34. The Bertz CT molecular complexity index is 449. The molecule has 0 fully saturated rings. The van der Waals surface area contributed by atoms with Crippen LogP contribution in [0.1, 0.15) is 18.4 Å². The van der Waals surface area contributed by atoms with E-state index in [1.807, 2.05) is 0 Å². The summed E-state index contributed by atoms with van der Waals surface area (Å²) >= 11 is 0. The summed E-state index contributed by atoms with van der Waals surface area (Å²) in [6, 6.07) is 3.53. The largest absolute Gasteiger partial charge is 0.496 e. The first-order valence-corrected chi connectivity index (χ1v) is 6.41. The normalized spacial score (nSPS) is 10.0. The fourth-order valence-corrected chi connectivity index (χ4v) is 1.78. The molecule has 0 saturated heterocycles. The molecular formula is C14H22N2O4. The van der Waals surface area contributed by atoms with E-state index in [2.05, 4.69) is 5.32 Å². The van der Waals surface area contributed by atoms with Crippen LogP contribution in [0.3, 0.4) is 0 Å². The molecule has 0 atom stereocenters. The molecule has 0 saturated carbocycles. The first-order chi connectivity index (χ1) is 9.65. The van der Waals surface area contributed by atoms with Crippen molar-refractivity contribution in [2.24, 2.45) is 5.73 Å². The predicted octanol–water partition coefficient (Wildman–Crippen LogP) is 1.07. The monoisotopic (exact) mass is 282 g/mol. The second-order valence-electron chi connectivity index (χ2n) is 4.19. The van der Waals surface area contributed by atoms with Crippen molar-refractivity contribution in [1.29, 1.82) is 0 Å². The molecule has 0 aliphatic carbocycles. The van der Waals surface area contributed by atoms with Crippen LogP contribution in [0, 0.1) is 0 Å². The molecule has 0 aliphatic heterocycles. The number of hydrogen-bond acceptors (Lipinski definition) is 5. The van der Waals surface area contributed by atoms with Crippen molar-refractivity contribution < 1.29 is 19.0 Å². The maximum atomic E-state index is 11.6. The summed E-state index contributed by atoms with van der Waals surface area (Å²) in [5.74, 6) is 1.79. The highest BCUT2D eigenvalue weighted by atomic mass is 16.5. The van der Waals surface area contributed by atoms with E-state index in [-0.39, 0.29) is 5.91 Å². The number of benzene rings is 1. The average Bonchev–Trinajstić information content (AvgIpc) is 2.49. The van der Waals surface area contributed by atoms with Crippen molar-refractivity contribution in [1.82, 2.24) is 5.32 Å². The molecule has 1 aromatic carbocycles. The first kappa shape index (κ1) is 16.1. The van der Waals surface area contributed by atoms with Crippen LogP contribution in [0.2, 0.25) is 0 Å². The third-order valence-electron chi connectivity index (χ3n) is 2.87. The molecule has 20 heavy (non-hydrogen) atoms. The Morgan fingerprint density at radius 2 is 1.70 bits per heavy atom. The fraction of sp³-hybridized carbons (Fsp3) is 0.500. The van der Waals surface area contributed by atoms with Gasteiger partial charge in [-0.15, -0.1) is 0 Å². The van der Waals surface area contributed by atoms with Gasteiger partial charge in [0.1, 0.15) is 5.75 Å². The molecule has 112 valence electrons. The van der Waals surface area contributed by atoms with E-state index in [0.29, 0.717) is 43.2 Å². The standard InChI is InChI=1S/C14H22N2O4/c1-18-11-8-13(20-3)12(19-2)7-10(11)9-16-14(17)5-4-6-15/h7-8H,4-6,9,15H2,1-3H3,(H,16,17). The van der Waals surface area contributed by atoms with E-state index in [1.165, 1.54) is 0 Å². The van der Waals surface area contributed by atoms with Gasteiger partial charge >= 0.3 is 0 Å². The predicted molar refractivity (Wildman–Crippen MR) is 76.2 cm³/mol. The Morgan fingerprint density at radius 3 is 2.25 bits per heavy atom. The van der Waals surface area contributed by atoms with Crippen LogP contribution in [0.4, 0.5) is 0 Å². The lowest BCUT2D eigenvalue weighted by Gasteiger charge is -2.14. The number of carbonyl (C=O) groups excluding carboxylic acids is 1. The topological polar surface area (TPSA) is 82.8 Å². The lowest BCUT2D eigenvalue weighted by atomic mass is 10.1. The Hall–Kier alpha value is -1.95. The van der Waals surface area contributed by atoms with Crippen molar-refractivity contribution in [3.63, 3.8) is 0 Å². The van der Waals surface area contributed by atoms with Crippen LogP contribution >= 0.6 is 0 Å². The second-order valence-corrected chi connectivity index (χ2v) is 4.19. The van der Waals surface area contributed by atoms with Crippen LogP contribution in [0.25, 0.3) is 0 Å². The van der Waals surface area contributed by atoms with Gasteiger partial charge in [0.2, 0.25) is 5.91 Å². The number of amides is 1. The van der Waals surface area contributed by atoms with E-state index < -0.39 is 0 Å². The Labute approximate surface area is 119 Å².